The van der Waals surface area contributed by atoms with Crippen LogP contribution in [0, 0.1) is 6.92 Å². The number of carbonyl (C=O) groups is 1. The van der Waals surface area contributed by atoms with Crippen molar-refractivity contribution in [3.05, 3.63) is 102 Å². The van der Waals surface area contributed by atoms with Crippen LogP contribution in [0.25, 0.3) is 16.9 Å². The number of hydrogen-bond donors (Lipinski definition) is 2. The number of aryl methyl sites for hydroxylation is 1. The Hall–Kier alpha value is -4.97. The summed E-state index contributed by atoms with van der Waals surface area (Å²) in [4.78, 5) is 27.8. The summed E-state index contributed by atoms with van der Waals surface area (Å²) < 4.78 is 41.4. The summed E-state index contributed by atoms with van der Waals surface area (Å²) in [5.41, 5.74) is 2.10. The second-order valence-electron chi connectivity index (χ2n) is 9.11. The lowest BCUT2D eigenvalue weighted by Crippen LogP contribution is -2.31. The van der Waals surface area contributed by atoms with Gasteiger partial charge in [0, 0.05) is 25.0 Å². The van der Waals surface area contributed by atoms with Crippen LogP contribution in [0.4, 0.5) is 35.2 Å². The fourth-order valence-electron chi connectivity index (χ4n) is 4.28. The van der Waals surface area contributed by atoms with Crippen molar-refractivity contribution in [1.29, 1.82) is 0 Å². The molecule has 0 aliphatic carbocycles. The number of halogens is 3. The number of urea groups is 1. The first-order chi connectivity index (χ1) is 19.1. The molecule has 0 radical (unpaired) electrons. The topological polar surface area (TPSA) is 99.4 Å². The Morgan fingerprint density at radius 2 is 1.73 bits per heavy atom. The third-order valence-corrected chi connectivity index (χ3v) is 6.30. The quantitative estimate of drug-likeness (QED) is 0.194. The Labute approximate surface area is 227 Å². The number of anilines is 3. The van der Waals surface area contributed by atoms with Gasteiger partial charge in [-0.3, -0.25) is 9.77 Å². The standard InChI is InChI=1S/C28H24F3N7O2/c1-18-8-9-20(14-23(18)28(29,30)31)35-27(39)38(40)22-12-10-21(11-13-22)37-17-34-24-25(32-16-33-26(24)37)36(2)15-19-6-4-3-5-7-19/h3-14,16-17,40H,15H2,1-2H3,(H,35,39). The number of nitrogens with zero attached hydrogens (tertiary/aromatic N) is 6. The normalized spacial score (nSPS) is 11.4. The lowest BCUT2D eigenvalue weighted by atomic mass is 10.1. The second kappa shape index (κ2) is 10.7. The minimum atomic E-state index is -4.57. The molecule has 2 amide bonds. The molecule has 0 spiro atoms. The van der Waals surface area contributed by atoms with E-state index in [4.69, 9.17) is 0 Å². The van der Waals surface area contributed by atoms with Gasteiger partial charge in [-0.25, -0.2) is 19.7 Å². The number of hydroxylamine groups is 1. The molecule has 204 valence electrons. The maximum absolute atomic E-state index is 13.2. The van der Waals surface area contributed by atoms with Gasteiger partial charge < -0.3 is 10.2 Å². The molecule has 40 heavy (non-hydrogen) atoms. The van der Waals surface area contributed by atoms with E-state index in [9.17, 15) is 23.2 Å². The molecular formula is C28H24F3N7O2. The van der Waals surface area contributed by atoms with Crippen LogP contribution in [-0.2, 0) is 12.7 Å². The van der Waals surface area contributed by atoms with E-state index in [-0.39, 0.29) is 16.9 Å². The molecule has 0 fully saturated rings. The van der Waals surface area contributed by atoms with Crippen LogP contribution in [0.2, 0.25) is 0 Å². The molecule has 0 aliphatic heterocycles. The molecule has 9 nitrogen and oxygen atoms in total. The summed E-state index contributed by atoms with van der Waals surface area (Å²) in [5.74, 6) is 0.659. The Morgan fingerprint density at radius 1 is 1.00 bits per heavy atom. The SMILES string of the molecule is Cc1ccc(NC(=O)N(O)c2ccc(-n3cnc4c(N(C)Cc5ccccc5)ncnc43)cc2)cc1C(F)(F)F. The molecule has 0 atom stereocenters. The Bertz CT molecular complexity index is 1650. The van der Waals surface area contributed by atoms with Crippen molar-refractivity contribution in [2.75, 3.05) is 22.3 Å². The molecule has 0 unspecified atom stereocenters. The highest BCUT2D eigenvalue weighted by Crippen LogP contribution is 2.33. The fraction of sp³-hybridized carbons (Fsp3) is 0.143. The van der Waals surface area contributed by atoms with Gasteiger partial charge in [-0.2, -0.15) is 18.2 Å². The number of hydrogen-bond acceptors (Lipinski definition) is 6. The van der Waals surface area contributed by atoms with Crippen LogP contribution < -0.4 is 15.3 Å². The van der Waals surface area contributed by atoms with Crippen molar-refractivity contribution in [2.24, 2.45) is 0 Å². The molecule has 0 bridgehead atoms. The molecule has 2 aromatic heterocycles. The lowest BCUT2D eigenvalue weighted by molar-refractivity contribution is -0.138. The number of imidazole rings is 1. The van der Waals surface area contributed by atoms with E-state index in [0.29, 0.717) is 34.3 Å². The maximum Gasteiger partial charge on any atom is 0.416 e. The molecule has 2 N–H and O–H groups in total. The summed E-state index contributed by atoms with van der Waals surface area (Å²) in [6, 6.07) is 18.6. The largest absolute Gasteiger partial charge is 0.416 e. The lowest BCUT2D eigenvalue weighted by Gasteiger charge is -2.18. The smallest absolute Gasteiger partial charge is 0.353 e. The third-order valence-electron chi connectivity index (χ3n) is 6.30. The van der Waals surface area contributed by atoms with Crippen molar-refractivity contribution in [3.63, 3.8) is 0 Å². The fourth-order valence-corrected chi connectivity index (χ4v) is 4.28. The van der Waals surface area contributed by atoms with Crippen LogP contribution in [0.1, 0.15) is 16.7 Å². The van der Waals surface area contributed by atoms with Crippen molar-refractivity contribution in [3.8, 4) is 5.69 Å². The maximum atomic E-state index is 13.2. The zero-order valence-electron chi connectivity index (χ0n) is 21.5. The van der Waals surface area contributed by atoms with Crippen molar-refractivity contribution in [2.45, 2.75) is 19.6 Å². The Kier molecular flexibility index (Phi) is 7.09. The summed E-state index contributed by atoms with van der Waals surface area (Å²) in [6.45, 7) is 1.96. The molecular weight excluding hydrogens is 523 g/mol. The van der Waals surface area contributed by atoms with Gasteiger partial charge in [0.25, 0.3) is 0 Å². The van der Waals surface area contributed by atoms with Crippen LogP contribution >= 0.6 is 0 Å². The summed E-state index contributed by atoms with van der Waals surface area (Å²) in [7, 11) is 1.92. The minimum absolute atomic E-state index is 0.0224. The molecule has 0 saturated carbocycles. The van der Waals surface area contributed by atoms with Crippen LogP contribution in [0.3, 0.4) is 0 Å². The van der Waals surface area contributed by atoms with Crippen LogP contribution in [0.15, 0.2) is 85.5 Å². The number of benzene rings is 3. The molecule has 3 aromatic carbocycles. The molecule has 0 aliphatic rings. The first-order valence-electron chi connectivity index (χ1n) is 12.1. The van der Waals surface area contributed by atoms with Gasteiger partial charge in [0.1, 0.15) is 12.7 Å². The van der Waals surface area contributed by atoms with E-state index >= 15 is 0 Å². The number of carbonyl (C=O) groups excluding carboxylic acids is 1. The zero-order chi connectivity index (χ0) is 28.4. The van der Waals surface area contributed by atoms with E-state index in [0.717, 1.165) is 11.6 Å². The van der Waals surface area contributed by atoms with Crippen molar-refractivity contribution in [1.82, 2.24) is 19.5 Å². The van der Waals surface area contributed by atoms with Crippen molar-refractivity contribution < 1.29 is 23.2 Å². The number of alkyl halides is 3. The number of fused-ring (bicyclic) bond motifs is 1. The highest BCUT2D eigenvalue weighted by Gasteiger charge is 2.32. The zero-order valence-corrected chi connectivity index (χ0v) is 21.5. The number of amides is 2. The van der Waals surface area contributed by atoms with Crippen LogP contribution in [-0.4, -0.2) is 37.8 Å². The number of rotatable bonds is 6. The molecule has 5 rings (SSSR count). The van der Waals surface area contributed by atoms with Gasteiger partial charge in [0.05, 0.1) is 11.3 Å². The van der Waals surface area contributed by atoms with Gasteiger partial charge >= 0.3 is 12.2 Å². The van der Waals surface area contributed by atoms with Gasteiger partial charge in [-0.15, -0.1) is 0 Å². The molecule has 2 heterocycles. The highest BCUT2D eigenvalue weighted by atomic mass is 19.4. The third kappa shape index (κ3) is 5.43. The summed E-state index contributed by atoms with van der Waals surface area (Å²) in [6.07, 6.45) is -1.51. The first-order valence-corrected chi connectivity index (χ1v) is 12.1. The molecule has 0 saturated heterocycles. The van der Waals surface area contributed by atoms with E-state index in [1.807, 2.05) is 42.3 Å². The minimum Gasteiger partial charge on any atom is -0.353 e. The summed E-state index contributed by atoms with van der Waals surface area (Å²) >= 11 is 0. The van der Waals surface area contributed by atoms with Gasteiger partial charge in [-0.1, -0.05) is 36.4 Å². The predicted octanol–water partition coefficient (Wildman–Crippen LogP) is 6.21. The van der Waals surface area contributed by atoms with Gasteiger partial charge in [0.2, 0.25) is 0 Å². The number of aromatic nitrogens is 4. The van der Waals surface area contributed by atoms with E-state index in [1.54, 1.807) is 23.0 Å². The second-order valence-corrected chi connectivity index (χ2v) is 9.11. The average Bonchev–Trinajstić information content (AvgIpc) is 3.38. The van der Waals surface area contributed by atoms with Gasteiger partial charge in [0.15, 0.2) is 17.0 Å². The Balaban J connectivity index is 1.33. The monoisotopic (exact) mass is 547 g/mol. The Morgan fingerprint density at radius 3 is 2.42 bits per heavy atom. The average molecular weight is 548 g/mol. The first kappa shape index (κ1) is 26.6. The van der Waals surface area contributed by atoms with E-state index < -0.39 is 17.8 Å². The molecule has 5 aromatic rings. The van der Waals surface area contributed by atoms with E-state index in [2.05, 4.69) is 20.3 Å². The molecule has 12 heteroatoms. The van der Waals surface area contributed by atoms with Crippen molar-refractivity contribution >= 4 is 34.4 Å². The predicted molar refractivity (Wildman–Crippen MR) is 145 cm³/mol. The summed E-state index contributed by atoms with van der Waals surface area (Å²) in [5, 5.41) is 13.0. The highest BCUT2D eigenvalue weighted by molar-refractivity contribution is 6.00. The van der Waals surface area contributed by atoms with Crippen LogP contribution in [0.5, 0.6) is 0 Å². The number of nitrogens with one attached hydrogen (secondary N) is 1. The van der Waals surface area contributed by atoms with Gasteiger partial charge in [-0.05, 0) is 54.4 Å². The van der Waals surface area contributed by atoms with E-state index in [1.165, 1.54) is 37.5 Å².